The zero-order valence-corrected chi connectivity index (χ0v) is 15.0. The Hall–Kier alpha value is -2.18. The number of sulfonamides is 1. The third-order valence-electron chi connectivity index (χ3n) is 3.76. The van der Waals surface area contributed by atoms with Gasteiger partial charge in [-0.05, 0) is 30.4 Å². The van der Waals surface area contributed by atoms with Crippen LogP contribution in [0.15, 0.2) is 60.7 Å². The van der Waals surface area contributed by atoms with Crippen molar-refractivity contribution < 1.29 is 13.2 Å². The SMILES string of the molecule is O=C(CNS(=O)(=O)CCc1ccccc1)NCCCc1ccccc1. The van der Waals surface area contributed by atoms with E-state index in [0.717, 1.165) is 18.4 Å². The summed E-state index contributed by atoms with van der Waals surface area (Å²) in [5, 5.41) is 2.73. The zero-order valence-electron chi connectivity index (χ0n) is 14.1. The standard InChI is InChI=1S/C19H24N2O3S/c22-19(20-14-7-12-17-8-3-1-4-9-17)16-21-25(23,24)15-13-18-10-5-2-6-11-18/h1-6,8-11,21H,7,12-16H2,(H,20,22). The second-order valence-corrected chi connectivity index (χ2v) is 7.74. The molecule has 2 N–H and O–H groups in total. The summed E-state index contributed by atoms with van der Waals surface area (Å²) in [6, 6.07) is 19.4. The van der Waals surface area contributed by atoms with Crippen molar-refractivity contribution in [3.63, 3.8) is 0 Å². The van der Waals surface area contributed by atoms with Crippen molar-refractivity contribution in [3.05, 3.63) is 71.8 Å². The summed E-state index contributed by atoms with van der Waals surface area (Å²) >= 11 is 0. The third-order valence-corrected chi connectivity index (χ3v) is 5.09. The summed E-state index contributed by atoms with van der Waals surface area (Å²) in [7, 11) is -3.46. The van der Waals surface area contributed by atoms with Crippen LogP contribution in [-0.2, 0) is 27.7 Å². The molecule has 2 aromatic rings. The predicted octanol–water partition coefficient (Wildman–Crippen LogP) is 1.90. The minimum absolute atomic E-state index is 0.0295. The van der Waals surface area contributed by atoms with E-state index in [1.807, 2.05) is 60.7 Å². The molecule has 0 aliphatic rings. The van der Waals surface area contributed by atoms with Gasteiger partial charge in [0.1, 0.15) is 0 Å². The monoisotopic (exact) mass is 360 g/mol. The largest absolute Gasteiger partial charge is 0.355 e. The molecule has 1 amide bonds. The summed E-state index contributed by atoms with van der Waals surface area (Å²) in [5.74, 6) is -0.338. The molecule has 6 heteroatoms. The first-order valence-corrected chi connectivity index (χ1v) is 10.0. The zero-order chi connectivity index (χ0) is 18.0. The molecule has 25 heavy (non-hydrogen) atoms. The van der Waals surface area contributed by atoms with Crippen LogP contribution in [0.5, 0.6) is 0 Å². The van der Waals surface area contributed by atoms with Crippen LogP contribution in [0.3, 0.4) is 0 Å². The van der Waals surface area contributed by atoms with Gasteiger partial charge in [-0.25, -0.2) is 13.1 Å². The third kappa shape index (κ3) is 7.96. The Labute approximate surface area is 149 Å². The molecular formula is C19H24N2O3S. The number of aryl methyl sites for hydroxylation is 2. The Balaban J connectivity index is 1.61. The van der Waals surface area contributed by atoms with Crippen molar-refractivity contribution in [2.75, 3.05) is 18.8 Å². The van der Waals surface area contributed by atoms with E-state index in [9.17, 15) is 13.2 Å². The fraction of sp³-hybridized carbons (Fsp3) is 0.316. The highest BCUT2D eigenvalue weighted by Crippen LogP contribution is 2.02. The highest BCUT2D eigenvalue weighted by molar-refractivity contribution is 7.89. The smallest absolute Gasteiger partial charge is 0.235 e. The summed E-state index contributed by atoms with van der Waals surface area (Å²) in [4.78, 5) is 11.7. The number of hydrogen-bond acceptors (Lipinski definition) is 3. The van der Waals surface area contributed by atoms with Gasteiger partial charge in [-0.15, -0.1) is 0 Å². The van der Waals surface area contributed by atoms with Gasteiger partial charge in [-0.1, -0.05) is 60.7 Å². The highest BCUT2D eigenvalue weighted by Gasteiger charge is 2.12. The fourth-order valence-corrected chi connectivity index (χ4v) is 3.37. The van der Waals surface area contributed by atoms with Gasteiger partial charge in [-0.3, -0.25) is 4.79 Å². The molecule has 0 fully saturated rings. The molecule has 0 aliphatic heterocycles. The number of benzene rings is 2. The molecule has 134 valence electrons. The minimum Gasteiger partial charge on any atom is -0.355 e. The quantitative estimate of drug-likeness (QED) is 0.636. The normalized spacial score (nSPS) is 11.2. The van der Waals surface area contributed by atoms with E-state index in [2.05, 4.69) is 10.0 Å². The van der Waals surface area contributed by atoms with E-state index in [4.69, 9.17) is 0 Å². The summed E-state index contributed by atoms with van der Waals surface area (Å²) in [6.07, 6.45) is 2.12. The molecule has 0 aliphatic carbocycles. The lowest BCUT2D eigenvalue weighted by Gasteiger charge is -2.08. The average Bonchev–Trinajstić information content (AvgIpc) is 2.64. The molecule has 0 unspecified atom stereocenters. The van der Waals surface area contributed by atoms with Gasteiger partial charge in [0.05, 0.1) is 12.3 Å². The van der Waals surface area contributed by atoms with Crippen LogP contribution in [0, 0.1) is 0 Å². The first-order valence-electron chi connectivity index (χ1n) is 8.37. The maximum Gasteiger partial charge on any atom is 0.235 e. The van der Waals surface area contributed by atoms with Gasteiger partial charge in [-0.2, -0.15) is 0 Å². The predicted molar refractivity (Wildman–Crippen MR) is 99.7 cm³/mol. The number of amides is 1. The number of carbonyl (C=O) groups excluding carboxylic acids is 1. The van der Waals surface area contributed by atoms with E-state index in [1.165, 1.54) is 5.56 Å². The Morgan fingerprint density at radius 2 is 1.40 bits per heavy atom. The lowest BCUT2D eigenvalue weighted by Crippen LogP contribution is -2.38. The fourth-order valence-electron chi connectivity index (χ4n) is 2.37. The van der Waals surface area contributed by atoms with E-state index in [0.29, 0.717) is 13.0 Å². The van der Waals surface area contributed by atoms with E-state index in [1.54, 1.807) is 0 Å². The molecule has 5 nitrogen and oxygen atoms in total. The first-order chi connectivity index (χ1) is 12.1. The van der Waals surface area contributed by atoms with Crippen LogP contribution in [0.2, 0.25) is 0 Å². The van der Waals surface area contributed by atoms with Gasteiger partial charge >= 0.3 is 0 Å². The van der Waals surface area contributed by atoms with Gasteiger partial charge in [0, 0.05) is 6.54 Å². The first kappa shape index (κ1) is 19.1. The molecule has 2 rings (SSSR count). The van der Waals surface area contributed by atoms with Crippen LogP contribution >= 0.6 is 0 Å². The molecule has 2 aromatic carbocycles. The average molecular weight is 360 g/mol. The van der Waals surface area contributed by atoms with Crippen LogP contribution in [0.25, 0.3) is 0 Å². The Morgan fingerprint density at radius 3 is 2.00 bits per heavy atom. The van der Waals surface area contributed by atoms with Crippen molar-refractivity contribution in [2.45, 2.75) is 19.3 Å². The number of nitrogens with one attached hydrogen (secondary N) is 2. The number of carbonyl (C=O) groups is 1. The van der Waals surface area contributed by atoms with Crippen LogP contribution in [0.1, 0.15) is 17.5 Å². The molecule has 0 saturated heterocycles. The minimum atomic E-state index is -3.46. The Bertz CT molecular complexity index is 747. The van der Waals surface area contributed by atoms with E-state index >= 15 is 0 Å². The van der Waals surface area contributed by atoms with Crippen LogP contribution < -0.4 is 10.0 Å². The molecule has 0 radical (unpaired) electrons. The molecular weight excluding hydrogens is 336 g/mol. The Morgan fingerprint density at radius 1 is 0.840 bits per heavy atom. The molecule has 0 aromatic heterocycles. The van der Waals surface area contributed by atoms with Gasteiger partial charge < -0.3 is 5.32 Å². The molecule has 0 bridgehead atoms. The van der Waals surface area contributed by atoms with E-state index in [-0.39, 0.29) is 18.2 Å². The highest BCUT2D eigenvalue weighted by atomic mass is 32.2. The van der Waals surface area contributed by atoms with Crippen molar-refractivity contribution >= 4 is 15.9 Å². The second-order valence-electron chi connectivity index (χ2n) is 5.81. The van der Waals surface area contributed by atoms with Crippen molar-refractivity contribution in [3.8, 4) is 0 Å². The summed E-state index contributed by atoms with van der Waals surface area (Å²) in [6.45, 7) is 0.307. The second kappa shape index (κ2) is 9.96. The van der Waals surface area contributed by atoms with Gasteiger partial charge in [0.25, 0.3) is 0 Å². The van der Waals surface area contributed by atoms with Crippen molar-refractivity contribution in [1.82, 2.24) is 10.0 Å². The van der Waals surface area contributed by atoms with Gasteiger partial charge in [0.2, 0.25) is 15.9 Å². The van der Waals surface area contributed by atoms with Crippen LogP contribution in [0.4, 0.5) is 0 Å². The summed E-state index contributed by atoms with van der Waals surface area (Å²) < 4.78 is 26.2. The molecule has 0 spiro atoms. The van der Waals surface area contributed by atoms with Crippen molar-refractivity contribution in [2.24, 2.45) is 0 Å². The van der Waals surface area contributed by atoms with Gasteiger partial charge in [0.15, 0.2) is 0 Å². The van der Waals surface area contributed by atoms with Crippen molar-refractivity contribution in [1.29, 1.82) is 0 Å². The lowest BCUT2D eigenvalue weighted by atomic mass is 10.1. The Kier molecular flexibility index (Phi) is 7.63. The maximum absolute atomic E-state index is 11.9. The molecule has 0 atom stereocenters. The molecule has 0 heterocycles. The topological polar surface area (TPSA) is 75.3 Å². The summed E-state index contributed by atoms with van der Waals surface area (Å²) in [5.41, 5.74) is 2.18. The number of rotatable bonds is 10. The van der Waals surface area contributed by atoms with Crippen LogP contribution in [-0.4, -0.2) is 33.2 Å². The van der Waals surface area contributed by atoms with E-state index < -0.39 is 10.0 Å². The maximum atomic E-state index is 11.9. The lowest BCUT2D eigenvalue weighted by molar-refractivity contribution is -0.119. The molecule has 0 saturated carbocycles. The number of hydrogen-bond donors (Lipinski definition) is 2.